The van der Waals surface area contributed by atoms with E-state index in [-0.39, 0.29) is 5.97 Å². The molecule has 4 rings (SSSR count). The average Bonchev–Trinajstić information content (AvgIpc) is 2.78. The van der Waals surface area contributed by atoms with Gasteiger partial charge in [-0.1, -0.05) is 39.6 Å². The second-order valence-corrected chi connectivity index (χ2v) is 8.56. The molecule has 31 heavy (non-hydrogen) atoms. The number of allylic oxidation sites excluding steroid dienone is 1. The van der Waals surface area contributed by atoms with E-state index in [9.17, 15) is 4.79 Å². The summed E-state index contributed by atoms with van der Waals surface area (Å²) < 4.78 is 7.37. The number of ether oxygens (including phenoxy) is 1. The van der Waals surface area contributed by atoms with Crippen LogP contribution in [0.5, 0.6) is 0 Å². The minimum absolute atomic E-state index is 0.180. The summed E-state index contributed by atoms with van der Waals surface area (Å²) in [6, 6.07) is 13.7. The van der Waals surface area contributed by atoms with E-state index < -0.39 is 5.40 Å². The van der Waals surface area contributed by atoms with Crippen LogP contribution in [0.1, 0.15) is 30.9 Å². The predicted molar refractivity (Wildman–Crippen MR) is 121 cm³/mol. The lowest BCUT2D eigenvalue weighted by Crippen LogP contribution is -2.33. The molecule has 0 aliphatic carbocycles. The molecule has 2 aliphatic rings. The van der Waals surface area contributed by atoms with Crippen molar-refractivity contribution in [3.63, 3.8) is 0 Å². The first-order chi connectivity index (χ1) is 15.0. The van der Waals surface area contributed by atoms with E-state index in [2.05, 4.69) is 29.7 Å². The van der Waals surface area contributed by atoms with Gasteiger partial charge < -0.3 is 4.74 Å². The quantitative estimate of drug-likeness (QED) is 0.379. The maximum atomic E-state index is 11.9. The number of hydrazone groups is 1. The fraction of sp³-hybridized carbons (Fsp3) is 0.273. The van der Waals surface area contributed by atoms with E-state index in [0.717, 1.165) is 23.2 Å². The summed E-state index contributed by atoms with van der Waals surface area (Å²) in [5.41, 5.74) is 2.97. The highest BCUT2D eigenvalue weighted by Crippen LogP contribution is 2.28. The highest BCUT2D eigenvalue weighted by atomic mass is 31.0. The Morgan fingerprint density at radius 2 is 1.97 bits per heavy atom. The number of nitrogens with zero attached hydrogens (tertiary/aromatic N) is 6. The Morgan fingerprint density at radius 3 is 2.74 bits per heavy atom. The predicted octanol–water partition coefficient (Wildman–Crippen LogP) is 3.51. The van der Waals surface area contributed by atoms with Crippen LogP contribution < -0.4 is 4.57 Å². The van der Waals surface area contributed by atoms with Gasteiger partial charge in [-0.2, -0.15) is 5.10 Å². The van der Waals surface area contributed by atoms with E-state index in [1.54, 1.807) is 6.21 Å². The maximum Gasteiger partial charge on any atom is 0.306 e. The number of aromatic nitrogens is 1. The third-order valence-corrected chi connectivity index (χ3v) is 4.98. The van der Waals surface area contributed by atoms with E-state index >= 15 is 0 Å². The van der Waals surface area contributed by atoms with E-state index in [0.29, 0.717) is 25.3 Å². The number of hydrogen-bond acceptors (Lipinski definition) is 7. The van der Waals surface area contributed by atoms with Gasteiger partial charge in [0.2, 0.25) is 0 Å². The van der Waals surface area contributed by atoms with Crippen LogP contribution >= 0.6 is 9.24 Å². The molecule has 9 heteroatoms. The van der Waals surface area contributed by atoms with Crippen LogP contribution in [0, 0.1) is 0 Å². The zero-order valence-electron chi connectivity index (χ0n) is 17.3. The number of carbonyl (C=O) groups is 1. The number of pyridine rings is 1. The molecule has 2 aliphatic heterocycles. The Hall–Kier alpha value is -3.25. The Labute approximate surface area is 183 Å². The normalized spacial score (nSPS) is 19.5. The molecule has 0 saturated heterocycles. The van der Waals surface area contributed by atoms with Crippen molar-refractivity contribution in [2.75, 3.05) is 0 Å². The summed E-state index contributed by atoms with van der Waals surface area (Å²) in [6.45, 7) is 2.92. The van der Waals surface area contributed by atoms with Crippen LogP contribution in [-0.2, 0) is 22.7 Å². The van der Waals surface area contributed by atoms with Crippen LogP contribution in [0.25, 0.3) is 5.57 Å². The molecular weight excluding hydrogens is 411 g/mol. The molecule has 0 amide bonds. The van der Waals surface area contributed by atoms with Gasteiger partial charge in [0, 0.05) is 24.1 Å². The number of fused-ring (bicyclic) bond motifs is 1. The first kappa shape index (κ1) is 21.0. The topological polar surface area (TPSA) is 82.9 Å². The van der Waals surface area contributed by atoms with Gasteiger partial charge in [-0.15, -0.1) is 10.2 Å². The van der Waals surface area contributed by atoms with Crippen LogP contribution in [0.2, 0.25) is 0 Å². The van der Waals surface area contributed by atoms with Gasteiger partial charge in [0.1, 0.15) is 13.2 Å². The Balaban J connectivity index is 1.28. The molecule has 1 aromatic heterocycles. The Kier molecular flexibility index (Phi) is 6.28. The van der Waals surface area contributed by atoms with Crippen molar-refractivity contribution in [2.24, 2.45) is 20.4 Å². The fourth-order valence-electron chi connectivity index (χ4n) is 3.12. The molecule has 0 radical (unpaired) electrons. The summed E-state index contributed by atoms with van der Waals surface area (Å²) in [7, 11) is 2.57. The highest BCUT2D eigenvalue weighted by Gasteiger charge is 2.26. The van der Waals surface area contributed by atoms with Crippen LogP contribution in [-0.4, -0.2) is 28.5 Å². The molecule has 158 valence electrons. The van der Waals surface area contributed by atoms with E-state index in [1.165, 1.54) is 5.12 Å². The molecule has 2 unspecified atom stereocenters. The third-order valence-electron chi connectivity index (χ3n) is 4.73. The molecule has 8 nitrogen and oxygen atoms in total. The lowest BCUT2D eigenvalue weighted by atomic mass is 10.1. The summed E-state index contributed by atoms with van der Waals surface area (Å²) in [4.78, 5) is 16.5. The number of rotatable bonds is 7. The minimum Gasteiger partial charge on any atom is -0.461 e. The van der Waals surface area contributed by atoms with Gasteiger partial charge in [0.05, 0.1) is 12.6 Å². The van der Waals surface area contributed by atoms with Crippen molar-refractivity contribution in [3.8, 4) is 0 Å². The number of amidine groups is 1. The van der Waals surface area contributed by atoms with Crippen molar-refractivity contribution < 1.29 is 14.1 Å². The average molecular weight is 435 g/mol. The molecule has 2 atom stereocenters. The molecule has 0 saturated carbocycles. The van der Waals surface area contributed by atoms with Gasteiger partial charge >= 0.3 is 5.97 Å². The first-order valence-corrected chi connectivity index (χ1v) is 10.6. The van der Waals surface area contributed by atoms with Crippen molar-refractivity contribution in [2.45, 2.75) is 38.3 Å². The molecule has 0 spiro atoms. The van der Waals surface area contributed by atoms with Crippen LogP contribution in [0.4, 0.5) is 0 Å². The summed E-state index contributed by atoms with van der Waals surface area (Å²) in [5.74, 6) is 0.469. The van der Waals surface area contributed by atoms with Crippen molar-refractivity contribution in [1.82, 2.24) is 5.12 Å². The number of aryl methyl sites for hydroxylation is 1. The van der Waals surface area contributed by atoms with Crippen molar-refractivity contribution in [3.05, 3.63) is 72.1 Å². The second-order valence-electron chi connectivity index (χ2n) is 7.46. The molecule has 0 fully saturated rings. The monoisotopic (exact) mass is 435 g/mol. The number of esters is 1. The molecule has 0 bridgehead atoms. The van der Waals surface area contributed by atoms with E-state index in [4.69, 9.17) is 4.74 Å². The van der Waals surface area contributed by atoms with Crippen molar-refractivity contribution >= 4 is 32.8 Å². The first-order valence-electron chi connectivity index (χ1n) is 10.0. The molecule has 1 aromatic carbocycles. The van der Waals surface area contributed by atoms with Gasteiger partial charge in [-0.25, -0.2) is 9.56 Å². The van der Waals surface area contributed by atoms with Crippen LogP contribution in [0.15, 0.2) is 81.4 Å². The Morgan fingerprint density at radius 1 is 1.19 bits per heavy atom. The summed E-state index contributed by atoms with van der Waals surface area (Å²) in [5, 5.41) is 13.2. The molecule has 2 aromatic rings. The largest absolute Gasteiger partial charge is 0.461 e. The van der Waals surface area contributed by atoms with Crippen LogP contribution in [0.3, 0.4) is 0 Å². The summed E-state index contributed by atoms with van der Waals surface area (Å²) in [6.07, 6.45) is 8.77. The number of aliphatic imine (C=N–C) groups is 1. The number of hydrogen-bond donors (Lipinski definition) is 0. The van der Waals surface area contributed by atoms with Gasteiger partial charge in [0.25, 0.3) is 0 Å². The Bertz CT molecular complexity index is 1060. The number of benzene rings is 1. The van der Waals surface area contributed by atoms with Gasteiger partial charge in [-0.05, 0) is 29.3 Å². The lowest BCUT2D eigenvalue weighted by Gasteiger charge is -2.25. The second kappa shape index (κ2) is 9.27. The molecule has 3 heterocycles. The van der Waals surface area contributed by atoms with Crippen molar-refractivity contribution in [1.29, 1.82) is 0 Å². The minimum atomic E-state index is -0.664. The number of carbonyl (C=O) groups excluding carboxylic acids is 1. The van der Waals surface area contributed by atoms with Gasteiger partial charge in [-0.3, -0.25) is 4.79 Å². The zero-order valence-corrected chi connectivity index (χ0v) is 18.4. The summed E-state index contributed by atoms with van der Waals surface area (Å²) >= 11 is 0. The standard InChI is InChI=1S/C22H24N6O2P/c1-22(31)24-20-14-19(15-23-28(20)26-25-22)18-9-12-27(13-10-18)11-5-8-21(29)30-16-17-6-3-2-4-7-17/h2-4,6-7,9-10,12-15H,5,8,11,16,31H2,1H3/q+1. The maximum absolute atomic E-state index is 11.9. The third kappa shape index (κ3) is 5.67. The SMILES string of the molecule is CC1(P)N=NN2N=CC(c3cc[n+](CCCC(=O)OCc4ccccc4)cc3)=CC2=N1. The highest BCUT2D eigenvalue weighted by molar-refractivity contribution is 7.18. The van der Waals surface area contributed by atoms with Gasteiger partial charge in [0.15, 0.2) is 23.6 Å². The van der Waals surface area contributed by atoms with E-state index in [1.807, 2.05) is 72.4 Å². The molecular formula is C22H24N6O2P+. The zero-order chi connectivity index (χ0) is 21.7. The molecule has 0 N–H and O–H groups in total. The fourth-order valence-corrected chi connectivity index (χ4v) is 3.30. The lowest BCUT2D eigenvalue weighted by molar-refractivity contribution is -0.697. The smallest absolute Gasteiger partial charge is 0.306 e.